The van der Waals surface area contributed by atoms with E-state index in [4.69, 9.17) is 18.9 Å². The molecule has 0 spiro atoms. The average molecular weight is 545 g/mol. The number of benzene rings is 5. The lowest BCUT2D eigenvalue weighted by Gasteiger charge is -2.32. The van der Waals surface area contributed by atoms with Gasteiger partial charge in [0.05, 0.1) is 6.10 Å². The molecule has 0 bridgehead atoms. The highest BCUT2D eigenvalue weighted by Gasteiger charge is 2.32. The SMILES string of the molecule is O[C@H]1Cc2c(OCc3ccccc3)cc(OCc3ccccc3)cc2O[C@@H]1c1ccc(OCc2ccccc2)cc1. The molecule has 0 fully saturated rings. The maximum absolute atomic E-state index is 11.2. The Labute approximate surface area is 240 Å². The number of fused-ring (bicyclic) bond motifs is 1. The summed E-state index contributed by atoms with van der Waals surface area (Å²) in [6.45, 7) is 1.32. The zero-order chi connectivity index (χ0) is 27.9. The Morgan fingerprint density at radius 1 is 0.585 bits per heavy atom. The van der Waals surface area contributed by atoms with Crippen molar-refractivity contribution >= 4 is 0 Å². The highest BCUT2D eigenvalue weighted by molar-refractivity contribution is 5.53. The van der Waals surface area contributed by atoms with Crippen molar-refractivity contribution in [1.82, 2.24) is 0 Å². The first-order valence-electron chi connectivity index (χ1n) is 13.8. The molecule has 0 amide bonds. The summed E-state index contributed by atoms with van der Waals surface area (Å²) < 4.78 is 24.8. The molecule has 0 saturated carbocycles. The minimum atomic E-state index is -0.742. The fraction of sp³-hybridized carbons (Fsp3) is 0.167. The molecular weight excluding hydrogens is 512 g/mol. The summed E-state index contributed by atoms with van der Waals surface area (Å²) in [5, 5.41) is 11.2. The van der Waals surface area contributed by atoms with Crippen LogP contribution in [0.15, 0.2) is 127 Å². The molecule has 2 atom stereocenters. The molecule has 41 heavy (non-hydrogen) atoms. The molecule has 5 aromatic carbocycles. The fourth-order valence-corrected chi connectivity index (χ4v) is 4.91. The van der Waals surface area contributed by atoms with Crippen LogP contribution in [-0.2, 0) is 26.2 Å². The first kappa shape index (κ1) is 26.5. The van der Waals surface area contributed by atoms with Crippen LogP contribution in [0.2, 0.25) is 0 Å². The summed E-state index contributed by atoms with van der Waals surface area (Å²) in [6, 6.07) is 41.6. The second kappa shape index (κ2) is 12.6. The topological polar surface area (TPSA) is 57.2 Å². The molecule has 0 saturated heterocycles. The second-order valence-electron chi connectivity index (χ2n) is 10.1. The smallest absolute Gasteiger partial charge is 0.150 e. The molecule has 0 unspecified atom stereocenters. The van der Waals surface area contributed by atoms with Gasteiger partial charge in [0, 0.05) is 24.1 Å². The number of ether oxygens (including phenoxy) is 4. The normalized spacial score (nSPS) is 15.8. The van der Waals surface area contributed by atoms with Gasteiger partial charge in [0.2, 0.25) is 0 Å². The summed E-state index contributed by atoms with van der Waals surface area (Å²) >= 11 is 0. The van der Waals surface area contributed by atoms with Crippen molar-refractivity contribution in [2.45, 2.75) is 38.4 Å². The molecule has 1 aliphatic heterocycles. The third kappa shape index (κ3) is 6.71. The first-order chi connectivity index (χ1) is 20.2. The zero-order valence-electron chi connectivity index (χ0n) is 22.7. The van der Waals surface area contributed by atoms with E-state index >= 15 is 0 Å². The van der Waals surface area contributed by atoms with Crippen LogP contribution < -0.4 is 18.9 Å². The van der Waals surface area contributed by atoms with E-state index in [2.05, 4.69) is 0 Å². The van der Waals surface area contributed by atoms with E-state index in [9.17, 15) is 5.11 Å². The van der Waals surface area contributed by atoms with Crippen LogP contribution in [0.4, 0.5) is 0 Å². The van der Waals surface area contributed by atoms with Gasteiger partial charge in [0.25, 0.3) is 0 Å². The van der Waals surface area contributed by atoms with Gasteiger partial charge in [-0.15, -0.1) is 0 Å². The van der Waals surface area contributed by atoms with Crippen molar-refractivity contribution in [3.8, 4) is 23.0 Å². The van der Waals surface area contributed by atoms with Crippen LogP contribution in [0.3, 0.4) is 0 Å². The quantitative estimate of drug-likeness (QED) is 0.198. The molecular formula is C36H32O5. The average Bonchev–Trinajstić information content (AvgIpc) is 3.03. The van der Waals surface area contributed by atoms with E-state index in [1.165, 1.54) is 0 Å². The molecule has 5 aromatic rings. The van der Waals surface area contributed by atoms with E-state index in [-0.39, 0.29) is 0 Å². The molecule has 6 rings (SSSR count). The van der Waals surface area contributed by atoms with E-state index in [1.807, 2.05) is 127 Å². The highest BCUT2D eigenvalue weighted by Crippen LogP contribution is 2.43. The third-order valence-electron chi connectivity index (χ3n) is 7.10. The van der Waals surface area contributed by atoms with Crippen LogP contribution in [-0.4, -0.2) is 11.2 Å². The van der Waals surface area contributed by atoms with Crippen molar-refractivity contribution in [3.63, 3.8) is 0 Å². The number of hydrogen-bond acceptors (Lipinski definition) is 5. The van der Waals surface area contributed by atoms with Crippen LogP contribution >= 0.6 is 0 Å². The largest absolute Gasteiger partial charge is 0.489 e. The maximum atomic E-state index is 11.2. The van der Waals surface area contributed by atoms with Gasteiger partial charge in [-0.05, 0) is 34.4 Å². The van der Waals surface area contributed by atoms with Gasteiger partial charge in [-0.25, -0.2) is 0 Å². The van der Waals surface area contributed by atoms with Gasteiger partial charge < -0.3 is 24.1 Å². The number of rotatable bonds is 10. The monoisotopic (exact) mass is 544 g/mol. The lowest BCUT2D eigenvalue weighted by atomic mass is 9.94. The van der Waals surface area contributed by atoms with Crippen LogP contribution in [0.1, 0.15) is 33.9 Å². The maximum Gasteiger partial charge on any atom is 0.150 e. The van der Waals surface area contributed by atoms with Gasteiger partial charge in [-0.3, -0.25) is 0 Å². The number of aliphatic hydroxyl groups excluding tert-OH is 1. The molecule has 206 valence electrons. The van der Waals surface area contributed by atoms with Gasteiger partial charge in [0.1, 0.15) is 48.9 Å². The Hall–Kier alpha value is -4.74. The molecule has 5 heteroatoms. The van der Waals surface area contributed by atoms with Crippen LogP contribution in [0.5, 0.6) is 23.0 Å². The summed E-state index contributed by atoms with van der Waals surface area (Å²) in [4.78, 5) is 0. The van der Waals surface area contributed by atoms with Gasteiger partial charge in [-0.2, -0.15) is 0 Å². The van der Waals surface area contributed by atoms with Crippen molar-refractivity contribution < 1.29 is 24.1 Å². The predicted molar refractivity (Wildman–Crippen MR) is 158 cm³/mol. The highest BCUT2D eigenvalue weighted by atomic mass is 16.5. The zero-order valence-corrected chi connectivity index (χ0v) is 22.7. The Bertz CT molecular complexity index is 1540. The van der Waals surface area contributed by atoms with Crippen molar-refractivity contribution in [3.05, 3.63) is 155 Å². The fourth-order valence-electron chi connectivity index (χ4n) is 4.91. The van der Waals surface area contributed by atoms with Crippen molar-refractivity contribution in [2.24, 2.45) is 0 Å². The van der Waals surface area contributed by atoms with Gasteiger partial charge >= 0.3 is 0 Å². The Balaban J connectivity index is 1.21. The minimum absolute atomic E-state index is 0.398. The van der Waals surface area contributed by atoms with E-state index in [0.717, 1.165) is 33.6 Å². The van der Waals surface area contributed by atoms with Crippen LogP contribution in [0, 0.1) is 0 Å². The standard InChI is InChI=1S/C36H32O5/c37-33-22-32-34(40-25-28-14-8-3-9-15-28)20-31(39-24-27-12-6-2-7-13-27)21-35(32)41-36(33)29-16-18-30(19-17-29)38-23-26-10-4-1-5-11-26/h1-21,33,36-37H,22-25H2/t33-,36+/m0/s1. The van der Waals surface area contributed by atoms with E-state index in [1.54, 1.807) is 0 Å². The Kier molecular flexibility index (Phi) is 8.15. The molecule has 0 aliphatic carbocycles. The third-order valence-corrected chi connectivity index (χ3v) is 7.10. The van der Waals surface area contributed by atoms with Gasteiger partial charge in [-0.1, -0.05) is 103 Å². The molecule has 1 heterocycles. The molecule has 1 aliphatic rings. The summed E-state index contributed by atoms with van der Waals surface area (Å²) in [5.41, 5.74) is 4.94. The Morgan fingerprint density at radius 2 is 1.10 bits per heavy atom. The summed E-state index contributed by atoms with van der Waals surface area (Å²) in [5.74, 6) is 2.71. The second-order valence-corrected chi connectivity index (χ2v) is 10.1. The Morgan fingerprint density at radius 3 is 1.66 bits per heavy atom. The molecule has 0 radical (unpaired) electrons. The minimum Gasteiger partial charge on any atom is -0.489 e. The predicted octanol–water partition coefficient (Wildman–Crippen LogP) is 7.46. The van der Waals surface area contributed by atoms with Crippen molar-refractivity contribution in [2.75, 3.05) is 0 Å². The first-order valence-corrected chi connectivity index (χ1v) is 13.8. The van der Waals surface area contributed by atoms with Crippen LogP contribution in [0.25, 0.3) is 0 Å². The summed E-state index contributed by atoms with van der Waals surface area (Å²) in [7, 11) is 0. The van der Waals surface area contributed by atoms with Gasteiger partial charge in [0.15, 0.2) is 0 Å². The number of aliphatic hydroxyl groups is 1. The molecule has 1 N–H and O–H groups in total. The lowest BCUT2D eigenvalue weighted by molar-refractivity contribution is 0.0194. The summed E-state index contributed by atoms with van der Waals surface area (Å²) in [6.07, 6.45) is -0.874. The number of hydrogen-bond donors (Lipinski definition) is 1. The lowest BCUT2D eigenvalue weighted by Crippen LogP contribution is -2.30. The molecule has 5 nitrogen and oxygen atoms in total. The van der Waals surface area contributed by atoms with E-state index < -0.39 is 12.2 Å². The molecule has 0 aromatic heterocycles. The van der Waals surface area contributed by atoms with Crippen molar-refractivity contribution in [1.29, 1.82) is 0 Å². The van der Waals surface area contributed by atoms with E-state index in [0.29, 0.717) is 43.5 Å².